The molecule has 0 spiro atoms. The third-order valence-corrected chi connectivity index (χ3v) is 5.98. The number of hydrogen-bond acceptors (Lipinski definition) is 4. The van der Waals surface area contributed by atoms with Gasteiger partial charge in [-0.15, -0.1) is 0 Å². The van der Waals surface area contributed by atoms with Gasteiger partial charge in [0, 0.05) is 0 Å². The molecule has 0 bridgehead atoms. The highest BCUT2D eigenvalue weighted by Crippen LogP contribution is 2.52. The highest BCUT2D eigenvalue weighted by Gasteiger charge is 2.21. The molecule has 0 radical (unpaired) electrons. The van der Waals surface area contributed by atoms with Crippen molar-refractivity contribution in [1.82, 2.24) is 0 Å². The van der Waals surface area contributed by atoms with Crippen LogP contribution in [0.15, 0.2) is 91.0 Å². The Kier molecular flexibility index (Phi) is 7.13. The van der Waals surface area contributed by atoms with Crippen LogP contribution in [0.1, 0.15) is 16.7 Å². The quantitative estimate of drug-likeness (QED) is 0.432. The second-order valence-corrected chi connectivity index (χ2v) is 8.73. The van der Waals surface area contributed by atoms with Crippen molar-refractivity contribution in [1.29, 1.82) is 0 Å². The van der Waals surface area contributed by atoms with Crippen LogP contribution in [0.4, 0.5) is 0 Å². The molecule has 0 unspecified atom stereocenters. The maximum atomic E-state index is 5.94. The fourth-order valence-corrected chi connectivity index (χ4v) is 3.91. The van der Waals surface area contributed by atoms with E-state index in [-0.39, 0.29) is 0 Å². The van der Waals surface area contributed by atoms with Crippen LogP contribution in [0.25, 0.3) is 0 Å². The van der Waals surface area contributed by atoms with E-state index in [0.29, 0.717) is 19.8 Å². The fraction of sp³-hybridized carbons (Fsp3) is 0.143. The summed E-state index contributed by atoms with van der Waals surface area (Å²) < 4.78 is 17.8. The van der Waals surface area contributed by atoms with Crippen LogP contribution >= 0.6 is 6.72 Å². The van der Waals surface area contributed by atoms with E-state index >= 15 is 0 Å². The highest BCUT2D eigenvalue weighted by molar-refractivity contribution is 8.07. The lowest BCUT2D eigenvalue weighted by Crippen LogP contribution is -2.01. The van der Waals surface area contributed by atoms with E-state index in [9.17, 15) is 0 Å². The second kappa shape index (κ2) is 9.77. The summed E-state index contributed by atoms with van der Waals surface area (Å²) in [7, 11) is 0. The first-order chi connectivity index (χ1) is 12.7. The zero-order valence-corrected chi connectivity index (χ0v) is 16.1. The number of hydrogen-bond donors (Lipinski definition) is 0. The van der Waals surface area contributed by atoms with E-state index in [4.69, 9.17) is 25.4 Å². The standard InChI is InChI=1S/C21H21O3PS/c26-25(22-16-19-10-4-1-5-11-19,23-17-20-12-6-2-7-13-20)24-18-21-14-8-3-9-15-21/h1-15H,16-18H2. The lowest BCUT2D eigenvalue weighted by Gasteiger charge is -2.22. The van der Waals surface area contributed by atoms with Crippen molar-refractivity contribution in [2.45, 2.75) is 19.8 Å². The molecule has 0 amide bonds. The first kappa shape index (κ1) is 19.0. The Labute approximate surface area is 159 Å². The van der Waals surface area contributed by atoms with Gasteiger partial charge < -0.3 is 13.6 Å². The summed E-state index contributed by atoms with van der Waals surface area (Å²) in [5, 5.41) is 0. The molecule has 3 aromatic carbocycles. The third-order valence-electron chi connectivity index (χ3n) is 3.70. The molecular weight excluding hydrogens is 363 g/mol. The largest absolute Gasteiger partial charge is 0.328 e. The molecule has 0 atom stereocenters. The minimum atomic E-state index is -2.88. The van der Waals surface area contributed by atoms with Crippen LogP contribution in [0.5, 0.6) is 0 Å². The summed E-state index contributed by atoms with van der Waals surface area (Å²) in [5.74, 6) is 0. The van der Waals surface area contributed by atoms with E-state index in [2.05, 4.69) is 0 Å². The molecule has 0 saturated carbocycles. The monoisotopic (exact) mass is 384 g/mol. The van der Waals surface area contributed by atoms with Crippen molar-refractivity contribution in [2.24, 2.45) is 0 Å². The van der Waals surface area contributed by atoms with Gasteiger partial charge in [0.15, 0.2) is 0 Å². The average Bonchev–Trinajstić information content (AvgIpc) is 2.72. The zero-order chi connectivity index (χ0) is 18.1. The molecule has 0 fully saturated rings. The van der Waals surface area contributed by atoms with Gasteiger partial charge in [0.2, 0.25) is 0 Å². The Morgan fingerprint density at radius 3 is 1.04 bits per heavy atom. The molecule has 134 valence electrons. The Morgan fingerprint density at radius 2 is 0.769 bits per heavy atom. The van der Waals surface area contributed by atoms with Crippen LogP contribution in [0, 0.1) is 0 Å². The van der Waals surface area contributed by atoms with Crippen molar-refractivity contribution in [3.05, 3.63) is 108 Å². The van der Waals surface area contributed by atoms with Gasteiger partial charge in [-0.3, -0.25) is 0 Å². The lowest BCUT2D eigenvalue weighted by atomic mass is 10.2. The smallest absolute Gasteiger partial charge is 0.304 e. The molecule has 0 aliphatic rings. The van der Waals surface area contributed by atoms with Gasteiger partial charge in [-0.1, -0.05) is 91.0 Å². The lowest BCUT2D eigenvalue weighted by molar-refractivity contribution is 0.141. The van der Waals surface area contributed by atoms with E-state index < -0.39 is 6.72 Å². The minimum Gasteiger partial charge on any atom is -0.304 e. The summed E-state index contributed by atoms with van der Waals surface area (Å²) in [4.78, 5) is 0. The van der Waals surface area contributed by atoms with Crippen LogP contribution < -0.4 is 0 Å². The fourth-order valence-electron chi connectivity index (χ4n) is 2.30. The summed E-state index contributed by atoms with van der Waals surface area (Å²) in [6.45, 7) is -1.79. The van der Waals surface area contributed by atoms with Crippen molar-refractivity contribution in [3.63, 3.8) is 0 Å². The first-order valence-corrected chi connectivity index (χ1v) is 10.9. The van der Waals surface area contributed by atoms with Crippen molar-refractivity contribution in [2.75, 3.05) is 0 Å². The predicted molar refractivity (Wildman–Crippen MR) is 108 cm³/mol. The van der Waals surface area contributed by atoms with E-state index in [1.54, 1.807) is 0 Å². The van der Waals surface area contributed by atoms with Gasteiger partial charge in [-0.25, -0.2) is 0 Å². The normalized spacial score (nSPS) is 11.4. The summed E-state index contributed by atoms with van der Waals surface area (Å²) >= 11 is 5.64. The maximum absolute atomic E-state index is 5.94. The molecule has 0 saturated heterocycles. The molecule has 0 aromatic heterocycles. The molecule has 3 rings (SSSR count). The number of rotatable bonds is 9. The zero-order valence-electron chi connectivity index (χ0n) is 14.4. The van der Waals surface area contributed by atoms with E-state index in [1.807, 2.05) is 91.0 Å². The highest BCUT2D eigenvalue weighted by atomic mass is 32.5. The van der Waals surface area contributed by atoms with E-state index in [0.717, 1.165) is 16.7 Å². The SMILES string of the molecule is S=P(OCc1ccccc1)(OCc1ccccc1)OCc1ccccc1. The average molecular weight is 384 g/mol. The number of benzene rings is 3. The topological polar surface area (TPSA) is 27.7 Å². The van der Waals surface area contributed by atoms with Crippen LogP contribution in [0.3, 0.4) is 0 Å². The van der Waals surface area contributed by atoms with E-state index in [1.165, 1.54) is 0 Å². The van der Waals surface area contributed by atoms with Gasteiger partial charge in [0.25, 0.3) is 0 Å². The van der Waals surface area contributed by atoms with Crippen molar-refractivity contribution in [3.8, 4) is 0 Å². The summed E-state index contributed by atoms with van der Waals surface area (Å²) in [6, 6.07) is 29.7. The Bertz CT molecular complexity index is 713. The molecule has 5 heteroatoms. The molecule has 3 nitrogen and oxygen atoms in total. The van der Waals surface area contributed by atoms with Crippen LogP contribution in [0.2, 0.25) is 0 Å². The maximum Gasteiger partial charge on any atom is 0.328 e. The van der Waals surface area contributed by atoms with Crippen molar-refractivity contribution < 1.29 is 13.6 Å². The second-order valence-electron chi connectivity index (χ2n) is 5.72. The summed E-state index contributed by atoms with van der Waals surface area (Å²) in [5.41, 5.74) is 3.11. The molecular formula is C21H21O3PS. The molecule has 0 aliphatic heterocycles. The Balaban J connectivity index is 1.65. The van der Waals surface area contributed by atoms with Gasteiger partial charge in [0.05, 0.1) is 19.8 Å². The van der Waals surface area contributed by atoms with Gasteiger partial charge in [0.1, 0.15) is 0 Å². The molecule has 0 N–H and O–H groups in total. The minimum absolute atomic E-state index is 0.363. The van der Waals surface area contributed by atoms with Gasteiger partial charge in [-0.05, 0) is 28.5 Å². The first-order valence-electron chi connectivity index (χ1n) is 8.39. The molecule has 26 heavy (non-hydrogen) atoms. The van der Waals surface area contributed by atoms with Crippen LogP contribution in [-0.4, -0.2) is 0 Å². The predicted octanol–water partition coefficient (Wildman–Crippen LogP) is 5.86. The Hall–Kier alpha value is -1.81. The van der Waals surface area contributed by atoms with Crippen molar-refractivity contribution >= 4 is 18.5 Å². The van der Waals surface area contributed by atoms with Gasteiger partial charge in [-0.2, -0.15) is 0 Å². The molecule has 0 heterocycles. The van der Waals surface area contributed by atoms with Crippen LogP contribution in [-0.2, 0) is 45.2 Å². The van der Waals surface area contributed by atoms with Gasteiger partial charge >= 0.3 is 6.72 Å². The summed E-state index contributed by atoms with van der Waals surface area (Å²) in [6.07, 6.45) is 0. The Morgan fingerprint density at radius 1 is 0.500 bits per heavy atom. The molecule has 0 aliphatic carbocycles. The molecule has 3 aromatic rings. The third kappa shape index (κ3) is 6.17.